The van der Waals surface area contributed by atoms with Crippen LogP contribution in [0.15, 0.2) is 24.4 Å². The molecule has 1 atom stereocenters. The Morgan fingerprint density at radius 2 is 2.22 bits per heavy atom. The quantitative estimate of drug-likeness (QED) is 0.683. The third-order valence-corrected chi connectivity index (χ3v) is 6.07. The lowest BCUT2D eigenvalue weighted by atomic mass is 10.1. The van der Waals surface area contributed by atoms with Crippen LogP contribution in [0.25, 0.3) is 0 Å². The maximum atomic E-state index is 13.9. The third kappa shape index (κ3) is 5.46. The molecule has 2 N–H and O–H groups in total. The summed E-state index contributed by atoms with van der Waals surface area (Å²) in [6, 6.07) is 4.01. The minimum atomic E-state index is -0.535. The van der Waals surface area contributed by atoms with E-state index in [0.717, 1.165) is 37.3 Å². The fourth-order valence-corrected chi connectivity index (χ4v) is 4.05. The average molecular weight is 464 g/mol. The molecule has 2 aliphatic rings. The standard InChI is InChI=1S/C22H27ClFN5O3/c1-31-13-20(14-2-3-17(23)18(24)10-14)28-22(30)29-7-4-15-11-25-21(27-19(15)12-29)26-16-5-8-32-9-6-16/h2-3,10-11,16,20H,4-9,12-13H2,1H3,(H,28,30)(H,25,26,27). The van der Waals surface area contributed by atoms with Crippen molar-refractivity contribution in [2.24, 2.45) is 0 Å². The first-order valence-corrected chi connectivity index (χ1v) is 11.1. The van der Waals surface area contributed by atoms with Gasteiger partial charge in [0.1, 0.15) is 5.82 Å². The van der Waals surface area contributed by atoms with Crippen LogP contribution in [0.5, 0.6) is 0 Å². The van der Waals surface area contributed by atoms with E-state index in [2.05, 4.69) is 20.6 Å². The highest BCUT2D eigenvalue weighted by Crippen LogP contribution is 2.23. The number of urea groups is 1. The molecule has 10 heteroatoms. The average Bonchev–Trinajstić information content (AvgIpc) is 2.81. The Hall–Kier alpha value is -2.49. The summed E-state index contributed by atoms with van der Waals surface area (Å²) in [5.74, 6) is 0.0412. The summed E-state index contributed by atoms with van der Waals surface area (Å²) >= 11 is 5.79. The van der Waals surface area contributed by atoms with Gasteiger partial charge in [0, 0.05) is 39.1 Å². The predicted octanol–water partition coefficient (Wildman–Crippen LogP) is 3.32. The number of fused-ring (bicyclic) bond motifs is 1. The normalized spacial score (nSPS) is 17.5. The van der Waals surface area contributed by atoms with Crippen LogP contribution in [0.1, 0.15) is 35.7 Å². The van der Waals surface area contributed by atoms with E-state index in [9.17, 15) is 9.18 Å². The number of carbonyl (C=O) groups excluding carboxylic acids is 1. The fourth-order valence-electron chi connectivity index (χ4n) is 3.93. The highest BCUT2D eigenvalue weighted by atomic mass is 35.5. The summed E-state index contributed by atoms with van der Waals surface area (Å²) in [7, 11) is 1.53. The van der Waals surface area contributed by atoms with Gasteiger partial charge in [-0.1, -0.05) is 17.7 Å². The molecule has 8 nitrogen and oxygen atoms in total. The van der Waals surface area contributed by atoms with Crippen LogP contribution in [0.2, 0.25) is 5.02 Å². The zero-order valence-corrected chi connectivity index (χ0v) is 18.7. The molecule has 1 fully saturated rings. The van der Waals surface area contributed by atoms with Gasteiger partial charge in [0.2, 0.25) is 5.95 Å². The number of hydrogen-bond acceptors (Lipinski definition) is 6. The second-order valence-electron chi connectivity index (χ2n) is 8.00. The third-order valence-electron chi connectivity index (χ3n) is 5.76. The largest absolute Gasteiger partial charge is 0.382 e. The van der Waals surface area contributed by atoms with Crippen LogP contribution in [-0.2, 0) is 22.4 Å². The highest BCUT2D eigenvalue weighted by molar-refractivity contribution is 6.30. The highest BCUT2D eigenvalue weighted by Gasteiger charge is 2.25. The van der Waals surface area contributed by atoms with Crippen LogP contribution in [0, 0.1) is 5.82 Å². The van der Waals surface area contributed by atoms with Gasteiger partial charge >= 0.3 is 6.03 Å². The van der Waals surface area contributed by atoms with E-state index >= 15 is 0 Å². The topological polar surface area (TPSA) is 88.6 Å². The number of aromatic nitrogens is 2. The number of rotatable bonds is 6. The van der Waals surface area contributed by atoms with Gasteiger partial charge in [-0.15, -0.1) is 0 Å². The number of carbonyl (C=O) groups is 1. The van der Waals surface area contributed by atoms with E-state index < -0.39 is 11.9 Å². The van der Waals surface area contributed by atoms with Crippen LogP contribution < -0.4 is 10.6 Å². The molecule has 0 aliphatic carbocycles. The lowest BCUT2D eigenvalue weighted by Crippen LogP contribution is -2.45. The van der Waals surface area contributed by atoms with Crippen LogP contribution >= 0.6 is 11.6 Å². The van der Waals surface area contributed by atoms with E-state index in [1.54, 1.807) is 11.0 Å². The van der Waals surface area contributed by atoms with Crippen LogP contribution in [0.4, 0.5) is 15.1 Å². The molecule has 0 spiro atoms. The molecule has 172 valence electrons. The van der Waals surface area contributed by atoms with Crippen molar-refractivity contribution in [2.45, 2.75) is 37.9 Å². The molecular weight excluding hydrogens is 437 g/mol. The predicted molar refractivity (Wildman–Crippen MR) is 118 cm³/mol. The van der Waals surface area contributed by atoms with Crippen molar-refractivity contribution in [1.29, 1.82) is 0 Å². The zero-order chi connectivity index (χ0) is 22.5. The molecule has 32 heavy (non-hydrogen) atoms. The van der Waals surface area contributed by atoms with Crippen molar-refractivity contribution in [3.8, 4) is 0 Å². The lowest BCUT2D eigenvalue weighted by Gasteiger charge is -2.30. The first-order chi connectivity index (χ1) is 15.5. The van der Waals surface area contributed by atoms with Gasteiger partial charge in [-0.05, 0) is 42.5 Å². The summed E-state index contributed by atoms with van der Waals surface area (Å²) in [4.78, 5) is 23.8. The molecule has 0 bridgehead atoms. The number of hydrogen-bond donors (Lipinski definition) is 2. The Bertz CT molecular complexity index is 957. The van der Waals surface area contributed by atoms with Gasteiger partial charge in [0.15, 0.2) is 0 Å². The summed E-state index contributed by atoms with van der Waals surface area (Å²) < 4.78 is 24.5. The Labute approximate surface area is 191 Å². The van der Waals surface area contributed by atoms with Gasteiger partial charge < -0.3 is 25.0 Å². The molecule has 1 aromatic carbocycles. The van der Waals surface area contributed by atoms with Gasteiger partial charge in [0.25, 0.3) is 0 Å². The fraction of sp³-hybridized carbons (Fsp3) is 0.500. The minimum absolute atomic E-state index is 0.0359. The van der Waals surface area contributed by atoms with Gasteiger partial charge in [-0.25, -0.2) is 19.2 Å². The Morgan fingerprint density at radius 1 is 1.41 bits per heavy atom. The van der Waals surface area contributed by atoms with Crippen LogP contribution in [0.3, 0.4) is 0 Å². The maximum Gasteiger partial charge on any atom is 0.318 e. The summed E-state index contributed by atoms with van der Waals surface area (Å²) in [5.41, 5.74) is 2.46. The Kier molecular flexibility index (Phi) is 7.39. The van der Waals surface area contributed by atoms with Crippen molar-refractivity contribution in [2.75, 3.05) is 38.8 Å². The molecule has 2 amide bonds. The second-order valence-corrected chi connectivity index (χ2v) is 8.41. The van der Waals surface area contributed by atoms with Gasteiger partial charge in [-0.2, -0.15) is 0 Å². The Balaban J connectivity index is 1.42. The maximum absolute atomic E-state index is 13.9. The SMILES string of the molecule is COCC(NC(=O)N1CCc2cnc(NC3CCOCC3)nc2C1)c1ccc(Cl)c(F)c1. The number of nitrogens with zero attached hydrogens (tertiary/aromatic N) is 3. The number of amides is 2. The van der Waals surface area contributed by atoms with E-state index in [-0.39, 0.29) is 17.7 Å². The van der Waals surface area contributed by atoms with Gasteiger partial charge in [0.05, 0.1) is 29.9 Å². The second kappa shape index (κ2) is 10.4. The molecule has 1 aromatic heterocycles. The van der Waals surface area contributed by atoms with E-state index in [1.807, 2.05) is 6.20 Å². The van der Waals surface area contributed by atoms with Gasteiger partial charge in [-0.3, -0.25) is 0 Å². The molecule has 0 radical (unpaired) electrons. The lowest BCUT2D eigenvalue weighted by molar-refractivity contribution is 0.0903. The van der Waals surface area contributed by atoms with E-state index in [0.29, 0.717) is 37.1 Å². The zero-order valence-electron chi connectivity index (χ0n) is 17.9. The summed E-state index contributed by atoms with van der Waals surface area (Å²) in [6.45, 7) is 2.59. The van der Waals surface area contributed by atoms with Crippen molar-refractivity contribution in [1.82, 2.24) is 20.2 Å². The molecule has 3 heterocycles. The number of benzene rings is 1. The number of halogens is 2. The smallest absolute Gasteiger partial charge is 0.318 e. The number of ether oxygens (including phenoxy) is 2. The monoisotopic (exact) mass is 463 g/mol. The van der Waals surface area contributed by atoms with Crippen molar-refractivity contribution in [3.05, 3.63) is 52.1 Å². The summed E-state index contributed by atoms with van der Waals surface area (Å²) in [6.07, 6.45) is 4.34. The van der Waals surface area contributed by atoms with Crippen molar-refractivity contribution >= 4 is 23.6 Å². The first kappa shape index (κ1) is 22.7. The molecule has 2 aliphatic heterocycles. The molecule has 1 unspecified atom stereocenters. The number of methoxy groups -OCH3 is 1. The summed E-state index contributed by atoms with van der Waals surface area (Å²) in [5, 5.41) is 6.35. The van der Waals surface area contributed by atoms with E-state index in [1.165, 1.54) is 19.2 Å². The van der Waals surface area contributed by atoms with Crippen molar-refractivity contribution < 1.29 is 18.7 Å². The number of nitrogens with one attached hydrogen (secondary N) is 2. The molecular formula is C22H27ClFN5O3. The molecule has 2 aromatic rings. The van der Waals surface area contributed by atoms with Crippen LogP contribution in [-0.4, -0.2) is 60.4 Å². The minimum Gasteiger partial charge on any atom is -0.382 e. The molecule has 4 rings (SSSR count). The van der Waals surface area contributed by atoms with Crippen molar-refractivity contribution in [3.63, 3.8) is 0 Å². The number of anilines is 1. The molecule has 1 saturated heterocycles. The Morgan fingerprint density at radius 3 is 2.97 bits per heavy atom. The van der Waals surface area contributed by atoms with E-state index in [4.69, 9.17) is 21.1 Å². The molecule has 0 saturated carbocycles. The first-order valence-electron chi connectivity index (χ1n) is 10.7.